The monoisotopic (exact) mass is 302 g/mol. The highest BCUT2D eigenvalue weighted by Crippen LogP contribution is 2.11. The fraction of sp³-hybridized carbons (Fsp3) is 0.176. The third kappa shape index (κ3) is 5.40. The van der Waals surface area contributed by atoms with E-state index in [0.717, 1.165) is 11.1 Å². The number of hydrogen-bond donors (Lipinski definition) is 0. The molecule has 0 heterocycles. The van der Waals surface area contributed by atoms with Crippen molar-refractivity contribution >= 4 is 23.4 Å². The van der Waals surface area contributed by atoms with Gasteiger partial charge >= 0.3 is 5.97 Å². The van der Waals surface area contributed by atoms with Gasteiger partial charge in [-0.3, -0.25) is 9.59 Å². The second-order valence-corrected chi connectivity index (χ2v) is 5.10. The highest BCUT2D eigenvalue weighted by molar-refractivity contribution is 6.30. The Bertz CT molecular complexity index is 606. The van der Waals surface area contributed by atoms with Crippen molar-refractivity contribution in [2.75, 3.05) is 0 Å². The van der Waals surface area contributed by atoms with E-state index in [1.807, 2.05) is 30.3 Å². The SMILES string of the molecule is O=C(CC(=O)OCc1ccccc1)Cc1ccc(Cl)cc1. The molecule has 4 heteroatoms. The molecule has 2 rings (SSSR count). The molecule has 0 aliphatic carbocycles. The van der Waals surface area contributed by atoms with Crippen LogP contribution in [0.3, 0.4) is 0 Å². The Labute approximate surface area is 128 Å². The quantitative estimate of drug-likeness (QED) is 0.605. The van der Waals surface area contributed by atoms with Crippen molar-refractivity contribution < 1.29 is 14.3 Å². The van der Waals surface area contributed by atoms with Crippen molar-refractivity contribution in [1.29, 1.82) is 0 Å². The predicted octanol–water partition coefficient (Wildman–Crippen LogP) is 3.59. The molecule has 2 aromatic carbocycles. The summed E-state index contributed by atoms with van der Waals surface area (Å²) in [5, 5.41) is 0.619. The predicted molar refractivity (Wildman–Crippen MR) is 81.0 cm³/mol. The molecular weight excluding hydrogens is 288 g/mol. The summed E-state index contributed by atoms with van der Waals surface area (Å²) in [6, 6.07) is 16.3. The third-order valence-corrected chi connectivity index (χ3v) is 3.15. The molecule has 0 N–H and O–H groups in total. The number of Topliss-reactive ketones (excluding diaryl/α,β-unsaturated/α-hetero) is 1. The number of carbonyl (C=O) groups is 2. The van der Waals surface area contributed by atoms with Gasteiger partial charge in [-0.2, -0.15) is 0 Å². The molecule has 3 nitrogen and oxygen atoms in total. The van der Waals surface area contributed by atoms with Crippen LogP contribution < -0.4 is 0 Å². The third-order valence-electron chi connectivity index (χ3n) is 2.90. The smallest absolute Gasteiger partial charge is 0.313 e. The van der Waals surface area contributed by atoms with Crippen molar-refractivity contribution in [2.24, 2.45) is 0 Å². The summed E-state index contributed by atoms with van der Waals surface area (Å²) in [6.07, 6.45) is -0.00688. The number of ketones is 1. The minimum Gasteiger partial charge on any atom is -0.460 e. The van der Waals surface area contributed by atoms with E-state index in [9.17, 15) is 9.59 Å². The Balaban J connectivity index is 1.77. The lowest BCUT2D eigenvalue weighted by atomic mass is 10.1. The summed E-state index contributed by atoms with van der Waals surface area (Å²) >= 11 is 5.77. The topological polar surface area (TPSA) is 43.4 Å². The van der Waals surface area contributed by atoms with Crippen LogP contribution in [0.1, 0.15) is 17.5 Å². The second kappa shape index (κ2) is 7.60. The van der Waals surface area contributed by atoms with Crippen LogP contribution in [0, 0.1) is 0 Å². The molecule has 0 fully saturated rings. The zero-order valence-corrected chi connectivity index (χ0v) is 12.2. The molecule has 0 saturated heterocycles. The molecule has 0 atom stereocenters. The number of ether oxygens (including phenoxy) is 1. The van der Waals surface area contributed by atoms with Crippen LogP contribution in [0.5, 0.6) is 0 Å². The minimum atomic E-state index is -0.502. The number of esters is 1. The number of hydrogen-bond acceptors (Lipinski definition) is 3. The lowest BCUT2D eigenvalue weighted by molar-refractivity contribution is -0.147. The molecule has 0 aliphatic rings. The molecule has 21 heavy (non-hydrogen) atoms. The average Bonchev–Trinajstić information content (AvgIpc) is 2.48. The van der Waals surface area contributed by atoms with Gasteiger partial charge in [0.15, 0.2) is 0 Å². The van der Waals surface area contributed by atoms with E-state index in [4.69, 9.17) is 16.3 Å². The van der Waals surface area contributed by atoms with E-state index in [-0.39, 0.29) is 25.2 Å². The molecular formula is C17H15ClO3. The highest BCUT2D eigenvalue weighted by atomic mass is 35.5. The first kappa shape index (κ1) is 15.3. The maximum Gasteiger partial charge on any atom is 0.313 e. The summed E-state index contributed by atoms with van der Waals surface area (Å²) < 4.78 is 5.07. The fourth-order valence-electron chi connectivity index (χ4n) is 1.84. The van der Waals surface area contributed by atoms with Gasteiger partial charge in [0.2, 0.25) is 0 Å². The lowest BCUT2D eigenvalue weighted by Gasteiger charge is -2.05. The Kier molecular flexibility index (Phi) is 5.52. The first-order valence-corrected chi connectivity index (χ1v) is 6.97. The van der Waals surface area contributed by atoms with E-state index in [1.165, 1.54) is 0 Å². The summed E-state index contributed by atoms with van der Waals surface area (Å²) in [4.78, 5) is 23.4. The van der Waals surface area contributed by atoms with Crippen molar-refractivity contribution in [1.82, 2.24) is 0 Å². The minimum absolute atomic E-state index is 0.171. The summed E-state index contributed by atoms with van der Waals surface area (Å²) in [6.45, 7) is 0.188. The fourth-order valence-corrected chi connectivity index (χ4v) is 1.97. The van der Waals surface area contributed by atoms with Crippen LogP contribution >= 0.6 is 11.6 Å². The van der Waals surface area contributed by atoms with Crippen LogP contribution in [0.2, 0.25) is 5.02 Å². The Morgan fingerprint density at radius 2 is 1.57 bits per heavy atom. The summed E-state index contributed by atoms with van der Waals surface area (Å²) in [5.74, 6) is -0.673. The molecule has 0 radical (unpaired) electrons. The van der Waals surface area contributed by atoms with Gasteiger partial charge in [0.05, 0.1) is 0 Å². The molecule has 0 aromatic heterocycles. The number of carbonyl (C=O) groups excluding carboxylic acids is 2. The van der Waals surface area contributed by atoms with Gasteiger partial charge in [0.1, 0.15) is 18.8 Å². The van der Waals surface area contributed by atoms with E-state index >= 15 is 0 Å². The second-order valence-electron chi connectivity index (χ2n) is 4.66. The van der Waals surface area contributed by atoms with Gasteiger partial charge in [-0.05, 0) is 23.3 Å². The van der Waals surface area contributed by atoms with Crippen molar-refractivity contribution in [2.45, 2.75) is 19.4 Å². The van der Waals surface area contributed by atoms with Gasteiger partial charge < -0.3 is 4.74 Å². The molecule has 0 saturated carbocycles. The van der Waals surface area contributed by atoms with E-state index in [0.29, 0.717) is 5.02 Å². The van der Waals surface area contributed by atoms with Crippen LogP contribution in [0.4, 0.5) is 0 Å². The number of halogens is 1. The molecule has 0 spiro atoms. The van der Waals surface area contributed by atoms with Gasteiger partial charge in [-0.25, -0.2) is 0 Å². The molecule has 0 bridgehead atoms. The zero-order valence-electron chi connectivity index (χ0n) is 11.4. The first-order chi connectivity index (χ1) is 10.1. The van der Waals surface area contributed by atoms with Crippen molar-refractivity contribution in [3.63, 3.8) is 0 Å². The lowest BCUT2D eigenvalue weighted by Crippen LogP contribution is -2.13. The molecule has 108 valence electrons. The maximum atomic E-state index is 11.8. The van der Waals surface area contributed by atoms with Gasteiger partial charge in [0.25, 0.3) is 0 Å². The van der Waals surface area contributed by atoms with Crippen LogP contribution in [0.15, 0.2) is 54.6 Å². The first-order valence-electron chi connectivity index (χ1n) is 6.59. The normalized spacial score (nSPS) is 10.1. The van der Waals surface area contributed by atoms with E-state index in [2.05, 4.69) is 0 Å². The zero-order chi connectivity index (χ0) is 15.1. The largest absolute Gasteiger partial charge is 0.460 e. The Hall–Kier alpha value is -2.13. The Morgan fingerprint density at radius 3 is 2.24 bits per heavy atom. The number of benzene rings is 2. The van der Waals surface area contributed by atoms with Crippen LogP contribution in [-0.4, -0.2) is 11.8 Å². The van der Waals surface area contributed by atoms with Crippen molar-refractivity contribution in [3.8, 4) is 0 Å². The van der Waals surface area contributed by atoms with Gasteiger partial charge in [0, 0.05) is 11.4 Å². The molecule has 0 unspecified atom stereocenters. The van der Waals surface area contributed by atoms with Gasteiger partial charge in [-0.15, -0.1) is 0 Å². The standard InChI is InChI=1S/C17H15ClO3/c18-15-8-6-13(7-9-15)10-16(19)11-17(20)21-12-14-4-2-1-3-5-14/h1-9H,10-12H2. The highest BCUT2D eigenvalue weighted by Gasteiger charge is 2.11. The summed E-state index contributed by atoms with van der Waals surface area (Å²) in [7, 11) is 0. The van der Waals surface area contributed by atoms with Crippen LogP contribution in [0.25, 0.3) is 0 Å². The average molecular weight is 303 g/mol. The van der Waals surface area contributed by atoms with Crippen molar-refractivity contribution in [3.05, 3.63) is 70.7 Å². The molecule has 0 aliphatic heterocycles. The van der Waals surface area contributed by atoms with Gasteiger partial charge in [-0.1, -0.05) is 54.1 Å². The molecule has 0 amide bonds. The molecule has 2 aromatic rings. The Morgan fingerprint density at radius 1 is 0.905 bits per heavy atom. The number of rotatable bonds is 6. The summed E-state index contributed by atoms with van der Waals surface area (Å²) in [5.41, 5.74) is 1.73. The van der Waals surface area contributed by atoms with Crippen LogP contribution in [-0.2, 0) is 27.4 Å². The van der Waals surface area contributed by atoms with E-state index < -0.39 is 5.97 Å². The maximum absolute atomic E-state index is 11.8. The van der Waals surface area contributed by atoms with E-state index in [1.54, 1.807) is 24.3 Å².